The van der Waals surface area contributed by atoms with Crippen LogP contribution in [0.3, 0.4) is 0 Å². The van der Waals surface area contributed by atoms with Crippen molar-refractivity contribution in [3.05, 3.63) is 65.2 Å². The minimum Gasteiger partial charge on any atom is -0.389 e. The molecule has 0 spiro atoms. The first-order chi connectivity index (χ1) is 18.7. The third kappa shape index (κ3) is 6.71. The number of hydrogen-bond donors (Lipinski definition) is 3. The Labute approximate surface area is 224 Å². The fraction of sp³-hybridized carbons (Fsp3) is 0.500. The third-order valence-corrected chi connectivity index (χ3v) is 7.53. The topological polar surface area (TPSA) is 100 Å². The summed E-state index contributed by atoms with van der Waals surface area (Å²) in [6.45, 7) is 0.121. The Morgan fingerprint density at radius 1 is 1.00 bits per heavy atom. The number of nitrogens with one attached hydrogen (secondary N) is 2. The number of anilines is 1. The van der Waals surface area contributed by atoms with Gasteiger partial charge in [0.2, 0.25) is 5.91 Å². The summed E-state index contributed by atoms with van der Waals surface area (Å²) in [6.07, 6.45) is -3.42. The number of benzene rings is 2. The average molecular weight is 548 g/mol. The molecule has 0 unspecified atom stereocenters. The number of alkyl halides is 3. The number of fused-ring (bicyclic) bond motifs is 2. The van der Waals surface area contributed by atoms with Gasteiger partial charge in [-0.05, 0) is 61.1 Å². The van der Waals surface area contributed by atoms with Gasteiger partial charge in [-0.25, -0.2) is 4.79 Å². The molecule has 4 atom stereocenters. The Hall–Kier alpha value is -3.15. The van der Waals surface area contributed by atoms with E-state index in [0.717, 1.165) is 25.0 Å². The van der Waals surface area contributed by atoms with Crippen molar-refractivity contribution in [2.75, 3.05) is 25.1 Å². The van der Waals surface area contributed by atoms with Gasteiger partial charge < -0.3 is 30.1 Å². The number of nitrogens with zero attached hydrogens (tertiary/aromatic N) is 1. The zero-order valence-electron chi connectivity index (χ0n) is 21.3. The molecule has 2 saturated heterocycles. The summed E-state index contributed by atoms with van der Waals surface area (Å²) < 4.78 is 50.5. The van der Waals surface area contributed by atoms with Crippen LogP contribution >= 0.6 is 0 Å². The Morgan fingerprint density at radius 3 is 2.36 bits per heavy atom. The van der Waals surface area contributed by atoms with E-state index < -0.39 is 36.0 Å². The van der Waals surface area contributed by atoms with Gasteiger partial charge in [-0.15, -0.1) is 0 Å². The quantitative estimate of drug-likeness (QED) is 0.544. The first-order valence-electron chi connectivity index (χ1n) is 13.2. The maximum Gasteiger partial charge on any atom is 0.416 e. The summed E-state index contributed by atoms with van der Waals surface area (Å²) in [4.78, 5) is 27.4. The predicted octanol–water partition coefficient (Wildman–Crippen LogP) is 3.52. The van der Waals surface area contributed by atoms with E-state index >= 15 is 0 Å². The lowest BCUT2D eigenvalue weighted by atomic mass is 9.95. The molecule has 3 aliphatic rings. The summed E-state index contributed by atoms with van der Waals surface area (Å²) in [5.41, 5.74) is 1.90. The molecule has 210 valence electrons. The van der Waals surface area contributed by atoms with E-state index in [0.29, 0.717) is 12.8 Å². The minimum atomic E-state index is -4.47. The van der Waals surface area contributed by atoms with Gasteiger partial charge in [-0.1, -0.05) is 24.3 Å². The van der Waals surface area contributed by atoms with E-state index in [1.807, 2.05) is 12.1 Å². The standard InChI is InChI=1S/C28H32F3N3O5/c29-28(30,31)19-5-7-20(8-6-19)33-27(37)34-14-22(35)15-38-16-25-24(34)10-9-23(39-25)13-26(36)32-21-11-17-3-1-2-4-18(17)12-21/h1-8,21-25,35H,9-16H2,(H,32,36)(H,33,37)/t22-,23-,24+,25-/m1/s1. The molecule has 2 aliphatic heterocycles. The number of amides is 3. The van der Waals surface area contributed by atoms with Crippen LogP contribution < -0.4 is 10.6 Å². The summed E-state index contributed by atoms with van der Waals surface area (Å²) in [6, 6.07) is 11.4. The molecule has 3 amide bonds. The van der Waals surface area contributed by atoms with E-state index in [4.69, 9.17) is 9.47 Å². The van der Waals surface area contributed by atoms with E-state index in [-0.39, 0.29) is 49.9 Å². The smallest absolute Gasteiger partial charge is 0.389 e. The van der Waals surface area contributed by atoms with Crippen LogP contribution in [0.1, 0.15) is 36.0 Å². The van der Waals surface area contributed by atoms with Gasteiger partial charge in [0.05, 0.1) is 50.0 Å². The van der Waals surface area contributed by atoms with Crippen molar-refractivity contribution in [2.24, 2.45) is 0 Å². The lowest BCUT2D eigenvalue weighted by Crippen LogP contribution is -2.58. The van der Waals surface area contributed by atoms with E-state index in [1.165, 1.54) is 28.2 Å². The third-order valence-electron chi connectivity index (χ3n) is 7.53. The highest BCUT2D eigenvalue weighted by atomic mass is 19.4. The maximum absolute atomic E-state index is 13.2. The van der Waals surface area contributed by atoms with Crippen molar-refractivity contribution in [2.45, 2.75) is 68.7 Å². The molecule has 0 aromatic heterocycles. The lowest BCUT2D eigenvalue weighted by Gasteiger charge is -2.44. The number of rotatable bonds is 4. The molecule has 0 saturated carbocycles. The highest BCUT2D eigenvalue weighted by Gasteiger charge is 2.40. The zero-order valence-corrected chi connectivity index (χ0v) is 21.3. The number of ether oxygens (including phenoxy) is 2. The Balaban J connectivity index is 1.18. The second-order valence-electron chi connectivity index (χ2n) is 10.4. The summed E-state index contributed by atoms with van der Waals surface area (Å²) in [5, 5.41) is 16.1. The van der Waals surface area contributed by atoms with Gasteiger partial charge in [0.1, 0.15) is 6.10 Å². The average Bonchev–Trinajstić information content (AvgIpc) is 3.28. The molecule has 0 bridgehead atoms. The van der Waals surface area contributed by atoms with Crippen LogP contribution in [0.25, 0.3) is 0 Å². The van der Waals surface area contributed by atoms with Crippen LogP contribution in [0.15, 0.2) is 48.5 Å². The van der Waals surface area contributed by atoms with E-state index in [9.17, 15) is 27.9 Å². The van der Waals surface area contributed by atoms with Crippen molar-refractivity contribution >= 4 is 17.6 Å². The molecule has 3 N–H and O–H groups in total. The summed E-state index contributed by atoms with van der Waals surface area (Å²) >= 11 is 0. The predicted molar refractivity (Wildman–Crippen MR) is 136 cm³/mol. The van der Waals surface area contributed by atoms with Gasteiger partial charge in [0, 0.05) is 11.7 Å². The van der Waals surface area contributed by atoms with Gasteiger partial charge in [-0.2, -0.15) is 13.2 Å². The van der Waals surface area contributed by atoms with Crippen molar-refractivity contribution in [3.8, 4) is 0 Å². The number of halogens is 3. The highest BCUT2D eigenvalue weighted by molar-refractivity contribution is 5.89. The first kappa shape index (κ1) is 27.4. The number of aliphatic hydroxyl groups is 1. The summed E-state index contributed by atoms with van der Waals surface area (Å²) in [7, 11) is 0. The van der Waals surface area contributed by atoms with E-state index in [2.05, 4.69) is 22.8 Å². The van der Waals surface area contributed by atoms with Gasteiger partial charge in [0.25, 0.3) is 0 Å². The molecule has 39 heavy (non-hydrogen) atoms. The number of hydrogen-bond acceptors (Lipinski definition) is 5. The van der Waals surface area contributed by atoms with Gasteiger partial charge >= 0.3 is 12.2 Å². The van der Waals surface area contributed by atoms with Gasteiger partial charge in [-0.3, -0.25) is 4.79 Å². The van der Waals surface area contributed by atoms with Crippen LogP contribution in [0.2, 0.25) is 0 Å². The van der Waals surface area contributed by atoms with Crippen molar-refractivity contribution in [3.63, 3.8) is 0 Å². The molecule has 2 aromatic rings. The minimum absolute atomic E-state index is 0.00400. The molecule has 2 heterocycles. The fourth-order valence-corrected chi connectivity index (χ4v) is 5.67. The summed E-state index contributed by atoms with van der Waals surface area (Å²) in [5.74, 6) is -0.0876. The molecule has 1 aliphatic carbocycles. The Kier molecular flexibility index (Phi) is 8.11. The second-order valence-corrected chi connectivity index (χ2v) is 10.4. The van der Waals surface area contributed by atoms with Crippen LogP contribution in [-0.4, -0.2) is 72.1 Å². The number of carbonyl (C=O) groups is 2. The van der Waals surface area contributed by atoms with Crippen molar-refractivity contribution in [1.29, 1.82) is 0 Å². The largest absolute Gasteiger partial charge is 0.416 e. The zero-order chi connectivity index (χ0) is 27.6. The molecule has 2 aromatic carbocycles. The number of aliphatic hydroxyl groups excluding tert-OH is 1. The van der Waals surface area contributed by atoms with Crippen LogP contribution in [0, 0.1) is 0 Å². The van der Waals surface area contributed by atoms with Crippen LogP contribution in [0.5, 0.6) is 0 Å². The van der Waals surface area contributed by atoms with E-state index in [1.54, 1.807) is 0 Å². The molecular formula is C28H32F3N3O5. The monoisotopic (exact) mass is 547 g/mol. The molecular weight excluding hydrogens is 515 g/mol. The van der Waals surface area contributed by atoms with Crippen LogP contribution in [0.4, 0.5) is 23.7 Å². The Morgan fingerprint density at radius 2 is 1.69 bits per heavy atom. The van der Waals surface area contributed by atoms with Crippen molar-refractivity contribution < 1.29 is 37.3 Å². The molecule has 5 rings (SSSR count). The van der Waals surface area contributed by atoms with Crippen molar-refractivity contribution in [1.82, 2.24) is 10.2 Å². The SMILES string of the molecule is O=C(C[C@H]1CC[C@H]2[C@@H](COC[C@H](O)CN2C(=O)Nc2ccc(C(F)(F)F)cc2)O1)NC1Cc2ccccc2C1. The fourth-order valence-electron chi connectivity index (χ4n) is 5.67. The maximum atomic E-state index is 13.2. The number of carbonyl (C=O) groups excluding carboxylic acids is 2. The van der Waals surface area contributed by atoms with Gasteiger partial charge in [0.15, 0.2) is 0 Å². The van der Waals surface area contributed by atoms with Crippen LogP contribution in [-0.2, 0) is 33.3 Å². The first-order valence-corrected chi connectivity index (χ1v) is 13.2. The Bertz CT molecular complexity index is 1150. The molecule has 8 nitrogen and oxygen atoms in total. The molecule has 11 heteroatoms. The number of β-amino-alcohol motifs (C(OH)–C–C–N with tert-alkyl or cyclic N) is 1. The molecule has 0 radical (unpaired) electrons. The number of urea groups is 1. The second kappa shape index (κ2) is 11.5. The normalized spacial score (nSPS) is 25.7. The lowest BCUT2D eigenvalue weighted by molar-refractivity contribution is -0.150. The molecule has 2 fully saturated rings. The highest BCUT2D eigenvalue weighted by Crippen LogP contribution is 2.31.